The fourth-order valence-electron chi connectivity index (χ4n) is 5.06. The molecule has 41 heavy (non-hydrogen) atoms. The van der Waals surface area contributed by atoms with E-state index in [1.807, 2.05) is 78.9 Å². The molecule has 1 aliphatic rings. The molecule has 3 aromatic carbocycles. The molecular formula is C33H36N4O4. The van der Waals surface area contributed by atoms with Gasteiger partial charge < -0.3 is 24.8 Å². The maximum atomic E-state index is 12.7. The van der Waals surface area contributed by atoms with Crippen molar-refractivity contribution in [2.75, 3.05) is 20.1 Å². The molecule has 0 bridgehead atoms. The second-order valence-corrected chi connectivity index (χ2v) is 10.5. The Labute approximate surface area is 240 Å². The van der Waals surface area contributed by atoms with Gasteiger partial charge in [-0.3, -0.25) is 9.78 Å². The normalized spacial score (nSPS) is 20.7. The zero-order valence-electron chi connectivity index (χ0n) is 23.4. The molecule has 8 nitrogen and oxygen atoms in total. The fraction of sp³-hybridized carbons (Fsp3) is 0.303. The first-order valence-corrected chi connectivity index (χ1v) is 13.8. The van der Waals surface area contributed by atoms with Crippen molar-refractivity contribution in [3.63, 3.8) is 0 Å². The average Bonchev–Trinajstić information content (AvgIpc) is 3.01. The zero-order chi connectivity index (χ0) is 28.8. The minimum absolute atomic E-state index is 0.00449. The number of aromatic nitrogens is 2. The Morgan fingerprint density at radius 2 is 1.68 bits per heavy atom. The molecule has 212 valence electrons. The lowest BCUT2D eigenvalue weighted by Crippen LogP contribution is -2.43. The molecule has 8 heteroatoms. The number of hydrogen-bond donors (Lipinski definition) is 2. The van der Waals surface area contributed by atoms with Gasteiger partial charge in [0.1, 0.15) is 5.69 Å². The first-order valence-electron chi connectivity index (χ1n) is 13.8. The molecule has 4 unspecified atom stereocenters. The van der Waals surface area contributed by atoms with E-state index >= 15 is 0 Å². The van der Waals surface area contributed by atoms with Crippen molar-refractivity contribution < 1.29 is 19.4 Å². The van der Waals surface area contributed by atoms with Crippen LogP contribution in [0.5, 0.6) is 0 Å². The van der Waals surface area contributed by atoms with Crippen LogP contribution in [0.25, 0.3) is 11.0 Å². The van der Waals surface area contributed by atoms with Gasteiger partial charge in [0.2, 0.25) is 0 Å². The number of hydrogen-bond acceptors (Lipinski definition) is 7. The van der Waals surface area contributed by atoms with E-state index < -0.39 is 6.29 Å². The standard InChI is InChI=1S/C33H36N4O4/c1-4-17-37(3)20-30-22(2)31(25-13-11-24(21-38)12-14-25)41-33(40-30)26-15-9-23(10-16-26)18-35-32(39)29-19-34-27-7-5-6-8-28(27)36-29/h4-16,19,22,30-31,33,38H,1,17-18,20-21H2,2-3H3,(H,35,39). The van der Waals surface area contributed by atoms with Crippen molar-refractivity contribution >= 4 is 16.9 Å². The highest BCUT2D eigenvalue weighted by Gasteiger charge is 2.38. The summed E-state index contributed by atoms with van der Waals surface area (Å²) in [7, 11) is 2.06. The number of amides is 1. The number of carbonyl (C=O) groups excluding carboxylic acids is 1. The van der Waals surface area contributed by atoms with Crippen molar-refractivity contribution in [2.45, 2.75) is 38.6 Å². The van der Waals surface area contributed by atoms with Gasteiger partial charge in [0, 0.05) is 31.1 Å². The van der Waals surface area contributed by atoms with Crippen LogP contribution >= 0.6 is 0 Å². The van der Waals surface area contributed by atoms with E-state index in [0.717, 1.165) is 40.9 Å². The van der Waals surface area contributed by atoms with Crippen molar-refractivity contribution in [2.24, 2.45) is 5.92 Å². The van der Waals surface area contributed by atoms with Crippen LogP contribution < -0.4 is 5.32 Å². The minimum atomic E-state index is -0.549. The molecule has 1 saturated heterocycles. The Hall–Kier alpha value is -3.95. The molecule has 4 aromatic rings. The van der Waals surface area contributed by atoms with Gasteiger partial charge in [0.15, 0.2) is 6.29 Å². The van der Waals surface area contributed by atoms with Gasteiger partial charge in [-0.15, -0.1) is 6.58 Å². The molecule has 0 radical (unpaired) electrons. The maximum Gasteiger partial charge on any atom is 0.271 e. The number of aliphatic hydroxyl groups is 1. The SMILES string of the molecule is C=CCN(C)CC1OC(c2ccc(CNC(=O)c3cnc4ccccc4n3)cc2)OC(c2ccc(CO)cc2)C1C. The number of aliphatic hydroxyl groups excluding tert-OH is 1. The average molecular weight is 553 g/mol. The van der Waals surface area contributed by atoms with E-state index in [1.54, 1.807) is 0 Å². The minimum Gasteiger partial charge on any atom is -0.392 e. The first-order chi connectivity index (χ1) is 19.9. The predicted octanol–water partition coefficient (Wildman–Crippen LogP) is 4.96. The summed E-state index contributed by atoms with van der Waals surface area (Å²) in [4.78, 5) is 23.6. The third-order valence-electron chi connectivity index (χ3n) is 7.44. The van der Waals surface area contributed by atoms with E-state index in [9.17, 15) is 9.90 Å². The van der Waals surface area contributed by atoms with Crippen LogP contribution in [0, 0.1) is 5.92 Å². The van der Waals surface area contributed by atoms with E-state index in [0.29, 0.717) is 12.1 Å². The summed E-state index contributed by atoms with van der Waals surface area (Å²) in [6, 6.07) is 23.3. The highest BCUT2D eigenvalue weighted by Crippen LogP contribution is 2.41. The van der Waals surface area contributed by atoms with Gasteiger partial charge in [-0.05, 0) is 35.9 Å². The van der Waals surface area contributed by atoms with Gasteiger partial charge in [-0.2, -0.15) is 0 Å². The molecule has 5 rings (SSSR count). The summed E-state index contributed by atoms with van der Waals surface area (Å²) in [5.41, 5.74) is 5.48. The van der Waals surface area contributed by atoms with Gasteiger partial charge in [0.05, 0.1) is 36.0 Å². The molecule has 1 fully saturated rings. The third-order valence-corrected chi connectivity index (χ3v) is 7.44. The second kappa shape index (κ2) is 13.1. The Bertz CT molecular complexity index is 1480. The molecule has 2 N–H and O–H groups in total. The summed E-state index contributed by atoms with van der Waals surface area (Å²) < 4.78 is 13.0. The summed E-state index contributed by atoms with van der Waals surface area (Å²) in [6.45, 7) is 7.87. The van der Waals surface area contributed by atoms with Crippen LogP contribution in [0.4, 0.5) is 0 Å². The number of fused-ring (bicyclic) bond motifs is 1. The van der Waals surface area contributed by atoms with E-state index in [-0.39, 0.29) is 36.3 Å². The molecule has 1 aromatic heterocycles. The van der Waals surface area contributed by atoms with E-state index in [4.69, 9.17) is 9.47 Å². The smallest absolute Gasteiger partial charge is 0.271 e. The van der Waals surface area contributed by atoms with Crippen molar-refractivity contribution in [1.29, 1.82) is 0 Å². The Kier molecular flexibility index (Phi) is 9.16. The van der Waals surface area contributed by atoms with Crippen LogP contribution in [0.15, 0.2) is 91.6 Å². The van der Waals surface area contributed by atoms with Gasteiger partial charge in [-0.1, -0.05) is 73.7 Å². The predicted molar refractivity (Wildman–Crippen MR) is 158 cm³/mol. The number of ether oxygens (including phenoxy) is 2. The van der Waals surface area contributed by atoms with Crippen molar-refractivity contribution in [1.82, 2.24) is 20.2 Å². The quantitative estimate of drug-likeness (QED) is 0.269. The monoisotopic (exact) mass is 552 g/mol. The van der Waals surface area contributed by atoms with E-state index in [1.165, 1.54) is 6.20 Å². The first kappa shape index (κ1) is 28.6. The number of nitrogens with one attached hydrogen (secondary N) is 1. The van der Waals surface area contributed by atoms with Crippen LogP contribution in [-0.4, -0.2) is 52.1 Å². The van der Waals surface area contributed by atoms with Gasteiger partial charge >= 0.3 is 0 Å². The lowest BCUT2D eigenvalue weighted by Gasteiger charge is -2.42. The summed E-state index contributed by atoms with van der Waals surface area (Å²) >= 11 is 0. The molecular weight excluding hydrogens is 516 g/mol. The lowest BCUT2D eigenvalue weighted by molar-refractivity contribution is -0.275. The summed E-state index contributed by atoms with van der Waals surface area (Å²) in [5.74, 6) is -0.173. The maximum absolute atomic E-state index is 12.7. The summed E-state index contributed by atoms with van der Waals surface area (Å²) in [6.07, 6.45) is 2.59. The highest BCUT2D eigenvalue weighted by atomic mass is 16.7. The number of nitrogens with zero attached hydrogens (tertiary/aromatic N) is 3. The van der Waals surface area contributed by atoms with Crippen molar-refractivity contribution in [3.05, 3.63) is 120 Å². The third kappa shape index (κ3) is 6.86. The zero-order valence-corrected chi connectivity index (χ0v) is 23.4. The highest BCUT2D eigenvalue weighted by molar-refractivity contribution is 5.93. The van der Waals surface area contributed by atoms with Crippen LogP contribution in [0.1, 0.15) is 52.1 Å². The molecule has 0 saturated carbocycles. The number of carbonyl (C=O) groups is 1. The molecule has 4 atom stereocenters. The molecule has 0 spiro atoms. The number of rotatable bonds is 10. The van der Waals surface area contributed by atoms with Crippen molar-refractivity contribution in [3.8, 4) is 0 Å². The molecule has 0 aliphatic carbocycles. The largest absolute Gasteiger partial charge is 0.392 e. The summed E-state index contributed by atoms with van der Waals surface area (Å²) in [5, 5.41) is 12.4. The second-order valence-electron chi connectivity index (χ2n) is 10.5. The topological polar surface area (TPSA) is 96.8 Å². The Balaban J connectivity index is 1.28. The van der Waals surface area contributed by atoms with Gasteiger partial charge in [0.25, 0.3) is 5.91 Å². The van der Waals surface area contributed by atoms with Crippen LogP contribution in [0.2, 0.25) is 0 Å². The number of likely N-dealkylation sites (N-methyl/N-ethyl adjacent to an activating group) is 1. The lowest BCUT2D eigenvalue weighted by atomic mass is 9.90. The van der Waals surface area contributed by atoms with Crippen LogP contribution in [-0.2, 0) is 22.6 Å². The van der Waals surface area contributed by atoms with E-state index in [2.05, 4.69) is 40.7 Å². The number of para-hydroxylation sites is 2. The Morgan fingerprint density at radius 1 is 1.00 bits per heavy atom. The molecule has 2 heterocycles. The van der Waals surface area contributed by atoms with Gasteiger partial charge in [-0.25, -0.2) is 4.98 Å². The Morgan fingerprint density at radius 3 is 2.39 bits per heavy atom. The molecule has 1 aliphatic heterocycles. The number of benzene rings is 3. The fourth-order valence-corrected chi connectivity index (χ4v) is 5.06. The van der Waals surface area contributed by atoms with Crippen LogP contribution in [0.3, 0.4) is 0 Å². The molecule has 1 amide bonds.